The lowest BCUT2D eigenvalue weighted by atomic mass is 10.1. The molecule has 2 heterocycles. The molecule has 1 aliphatic carbocycles. The normalized spacial score (nSPS) is 18.8. The van der Waals surface area contributed by atoms with Crippen molar-refractivity contribution >= 4 is 5.91 Å². The number of nitrogens with one attached hydrogen (secondary N) is 1. The molecule has 3 aromatic rings. The second kappa shape index (κ2) is 6.43. The number of hydrogen-bond donors (Lipinski definition) is 1. The molecule has 2 aromatic heterocycles. The fraction of sp³-hybridized carbons (Fsp3) is 0.222. The number of halogens is 1. The third kappa shape index (κ3) is 3.26. The van der Waals surface area contributed by atoms with Crippen LogP contribution < -0.4 is 5.32 Å². The monoisotopic (exact) mass is 338 g/mol. The summed E-state index contributed by atoms with van der Waals surface area (Å²) in [7, 11) is 0. The third-order valence-corrected chi connectivity index (χ3v) is 4.25. The van der Waals surface area contributed by atoms with Gasteiger partial charge in [0, 0.05) is 23.9 Å². The SMILES string of the molecule is O=C(NCc1nc(-c2ccncc2)no1)C1CC1c1ccccc1F. The maximum absolute atomic E-state index is 13.8. The van der Waals surface area contributed by atoms with Gasteiger partial charge in [-0.2, -0.15) is 4.98 Å². The Bertz CT molecular complexity index is 897. The topological polar surface area (TPSA) is 80.9 Å². The number of pyridine rings is 1. The highest BCUT2D eigenvalue weighted by molar-refractivity contribution is 5.82. The van der Waals surface area contributed by atoms with E-state index in [2.05, 4.69) is 20.4 Å². The van der Waals surface area contributed by atoms with Crippen LogP contribution in [0.2, 0.25) is 0 Å². The molecule has 126 valence electrons. The van der Waals surface area contributed by atoms with Crippen LogP contribution >= 0.6 is 0 Å². The van der Waals surface area contributed by atoms with Crippen molar-refractivity contribution < 1.29 is 13.7 Å². The van der Waals surface area contributed by atoms with Gasteiger partial charge in [-0.1, -0.05) is 23.4 Å². The number of nitrogens with zero attached hydrogens (tertiary/aromatic N) is 3. The van der Waals surface area contributed by atoms with Crippen LogP contribution in [0.15, 0.2) is 53.3 Å². The molecular weight excluding hydrogens is 323 g/mol. The first-order chi connectivity index (χ1) is 12.2. The maximum atomic E-state index is 13.8. The fourth-order valence-electron chi connectivity index (χ4n) is 2.84. The van der Waals surface area contributed by atoms with E-state index in [0.29, 0.717) is 23.7 Å². The highest BCUT2D eigenvalue weighted by Crippen LogP contribution is 2.48. The Morgan fingerprint density at radius 1 is 1.24 bits per heavy atom. The molecule has 0 saturated heterocycles. The Kier molecular flexibility index (Phi) is 3.97. The number of aromatic nitrogens is 3. The first-order valence-electron chi connectivity index (χ1n) is 7.97. The van der Waals surface area contributed by atoms with E-state index in [1.165, 1.54) is 6.07 Å². The van der Waals surface area contributed by atoms with Crippen molar-refractivity contribution in [1.82, 2.24) is 20.4 Å². The summed E-state index contributed by atoms with van der Waals surface area (Å²) < 4.78 is 18.9. The predicted octanol–water partition coefficient (Wildman–Crippen LogP) is 2.69. The van der Waals surface area contributed by atoms with Gasteiger partial charge in [0.1, 0.15) is 5.82 Å². The van der Waals surface area contributed by atoms with Crippen LogP contribution in [0, 0.1) is 11.7 Å². The van der Waals surface area contributed by atoms with Crippen LogP contribution in [-0.4, -0.2) is 21.0 Å². The zero-order valence-corrected chi connectivity index (χ0v) is 13.2. The summed E-state index contributed by atoms with van der Waals surface area (Å²) in [6.45, 7) is 0.150. The molecule has 0 aliphatic heterocycles. The molecule has 1 amide bonds. The van der Waals surface area contributed by atoms with E-state index in [1.54, 1.807) is 42.7 Å². The van der Waals surface area contributed by atoms with E-state index in [0.717, 1.165) is 5.56 Å². The molecule has 7 heteroatoms. The minimum atomic E-state index is -0.262. The van der Waals surface area contributed by atoms with Gasteiger partial charge in [0.25, 0.3) is 0 Å². The van der Waals surface area contributed by atoms with Gasteiger partial charge >= 0.3 is 0 Å². The molecule has 2 atom stereocenters. The largest absolute Gasteiger partial charge is 0.347 e. The van der Waals surface area contributed by atoms with Crippen molar-refractivity contribution in [2.24, 2.45) is 5.92 Å². The van der Waals surface area contributed by atoms with Crippen LogP contribution in [0.25, 0.3) is 11.4 Å². The van der Waals surface area contributed by atoms with Gasteiger partial charge in [-0.3, -0.25) is 9.78 Å². The Balaban J connectivity index is 1.34. The van der Waals surface area contributed by atoms with E-state index in [1.807, 2.05) is 0 Å². The summed E-state index contributed by atoms with van der Waals surface area (Å²) in [6, 6.07) is 10.1. The quantitative estimate of drug-likeness (QED) is 0.773. The second-order valence-electron chi connectivity index (χ2n) is 5.94. The highest BCUT2D eigenvalue weighted by atomic mass is 19.1. The molecule has 0 radical (unpaired) electrons. The molecule has 4 rings (SSSR count). The zero-order chi connectivity index (χ0) is 17.2. The van der Waals surface area contributed by atoms with E-state index < -0.39 is 0 Å². The molecule has 0 bridgehead atoms. The van der Waals surface area contributed by atoms with E-state index >= 15 is 0 Å². The molecule has 1 saturated carbocycles. The first-order valence-corrected chi connectivity index (χ1v) is 7.97. The van der Waals surface area contributed by atoms with Gasteiger partial charge in [0.2, 0.25) is 17.6 Å². The van der Waals surface area contributed by atoms with Gasteiger partial charge in [0.05, 0.1) is 6.54 Å². The van der Waals surface area contributed by atoms with Crippen LogP contribution in [0.3, 0.4) is 0 Å². The van der Waals surface area contributed by atoms with Crippen LogP contribution in [-0.2, 0) is 11.3 Å². The average Bonchev–Trinajstić information content (AvgIpc) is 3.30. The molecular formula is C18H15FN4O2. The predicted molar refractivity (Wildman–Crippen MR) is 86.6 cm³/mol. The van der Waals surface area contributed by atoms with Crippen LogP contribution in [0.5, 0.6) is 0 Å². The number of hydrogen-bond acceptors (Lipinski definition) is 5. The Hall–Kier alpha value is -3.09. The van der Waals surface area contributed by atoms with Crippen LogP contribution in [0.1, 0.15) is 23.8 Å². The number of benzene rings is 1. The summed E-state index contributed by atoms with van der Waals surface area (Å²) >= 11 is 0. The van der Waals surface area contributed by atoms with Gasteiger partial charge < -0.3 is 9.84 Å². The maximum Gasteiger partial charge on any atom is 0.246 e. The smallest absolute Gasteiger partial charge is 0.246 e. The minimum Gasteiger partial charge on any atom is -0.347 e. The van der Waals surface area contributed by atoms with Crippen molar-refractivity contribution in [3.8, 4) is 11.4 Å². The molecule has 1 fully saturated rings. The highest BCUT2D eigenvalue weighted by Gasteiger charge is 2.45. The third-order valence-electron chi connectivity index (χ3n) is 4.25. The van der Waals surface area contributed by atoms with Crippen LogP contribution in [0.4, 0.5) is 4.39 Å². The molecule has 1 aliphatic rings. The van der Waals surface area contributed by atoms with Gasteiger partial charge in [-0.25, -0.2) is 4.39 Å². The molecule has 1 aromatic carbocycles. The van der Waals surface area contributed by atoms with Gasteiger partial charge in [-0.05, 0) is 36.1 Å². The first kappa shape index (κ1) is 15.4. The lowest BCUT2D eigenvalue weighted by Crippen LogP contribution is -2.25. The lowest BCUT2D eigenvalue weighted by molar-refractivity contribution is -0.122. The number of carbonyl (C=O) groups excluding carboxylic acids is 1. The van der Waals surface area contributed by atoms with E-state index in [9.17, 15) is 9.18 Å². The zero-order valence-electron chi connectivity index (χ0n) is 13.2. The second-order valence-corrected chi connectivity index (χ2v) is 5.94. The van der Waals surface area contributed by atoms with Crippen molar-refractivity contribution in [2.75, 3.05) is 0 Å². The summed E-state index contributed by atoms with van der Waals surface area (Å²) in [5.74, 6) is 0.111. The van der Waals surface area contributed by atoms with E-state index in [4.69, 9.17) is 4.52 Å². The Morgan fingerprint density at radius 3 is 2.84 bits per heavy atom. The molecule has 6 nitrogen and oxygen atoms in total. The number of carbonyl (C=O) groups is 1. The average molecular weight is 338 g/mol. The minimum absolute atomic E-state index is 0.0590. The number of rotatable bonds is 5. The van der Waals surface area contributed by atoms with Crippen molar-refractivity contribution in [1.29, 1.82) is 0 Å². The summed E-state index contributed by atoms with van der Waals surface area (Å²) in [5, 5.41) is 6.66. The lowest BCUT2D eigenvalue weighted by Gasteiger charge is -2.03. The van der Waals surface area contributed by atoms with Crippen molar-refractivity contribution in [3.05, 3.63) is 66.1 Å². The summed E-state index contributed by atoms with van der Waals surface area (Å²) in [6.07, 6.45) is 3.94. The molecule has 25 heavy (non-hydrogen) atoms. The summed E-state index contributed by atoms with van der Waals surface area (Å²) in [5.41, 5.74) is 1.39. The molecule has 0 spiro atoms. The fourth-order valence-corrected chi connectivity index (χ4v) is 2.84. The number of amides is 1. The van der Waals surface area contributed by atoms with Crippen molar-refractivity contribution in [3.63, 3.8) is 0 Å². The standard InChI is InChI=1S/C18H15FN4O2/c19-15-4-2-1-3-12(15)13-9-14(13)18(24)21-10-16-22-17(23-25-16)11-5-7-20-8-6-11/h1-8,13-14H,9-10H2,(H,21,24). The van der Waals surface area contributed by atoms with Gasteiger partial charge in [0.15, 0.2) is 0 Å². The Labute approximate surface area is 143 Å². The van der Waals surface area contributed by atoms with Gasteiger partial charge in [-0.15, -0.1) is 0 Å². The summed E-state index contributed by atoms with van der Waals surface area (Å²) in [4.78, 5) is 20.4. The molecule has 1 N–H and O–H groups in total. The molecule has 2 unspecified atom stereocenters. The van der Waals surface area contributed by atoms with Crippen molar-refractivity contribution in [2.45, 2.75) is 18.9 Å². The van der Waals surface area contributed by atoms with E-state index in [-0.39, 0.29) is 30.1 Å². The Morgan fingerprint density at radius 2 is 2.04 bits per heavy atom.